The first-order valence-electron chi connectivity index (χ1n) is 10.4. The van der Waals surface area contributed by atoms with Crippen molar-refractivity contribution in [1.29, 1.82) is 0 Å². The summed E-state index contributed by atoms with van der Waals surface area (Å²) >= 11 is 0. The van der Waals surface area contributed by atoms with E-state index in [2.05, 4.69) is 19.1 Å². The fourth-order valence-corrected chi connectivity index (χ4v) is 2.98. The highest BCUT2D eigenvalue weighted by Crippen LogP contribution is 2.12. The van der Waals surface area contributed by atoms with Crippen LogP contribution in [0, 0.1) is 0 Å². The van der Waals surface area contributed by atoms with E-state index in [1.54, 1.807) is 7.05 Å². The number of rotatable bonds is 12. The van der Waals surface area contributed by atoms with E-state index in [1.807, 2.05) is 54.6 Å². The lowest BCUT2D eigenvalue weighted by Gasteiger charge is -2.17. The third-order valence-electron chi connectivity index (χ3n) is 4.75. The molecule has 0 aliphatic rings. The maximum atomic E-state index is 12.5. The average Bonchev–Trinajstić information content (AvgIpc) is 2.74. The van der Waals surface area contributed by atoms with Gasteiger partial charge < -0.3 is 0 Å². The summed E-state index contributed by atoms with van der Waals surface area (Å²) in [4.78, 5) is 18.0. The van der Waals surface area contributed by atoms with Crippen molar-refractivity contribution in [2.24, 2.45) is 0 Å². The molecule has 0 spiro atoms. The molecule has 0 unspecified atom stereocenters. The van der Waals surface area contributed by atoms with E-state index in [-0.39, 0.29) is 5.91 Å². The summed E-state index contributed by atoms with van der Waals surface area (Å²) in [5.41, 5.74) is 2.78. The molecule has 2 aromatic carbocycles. The molecule has 1 amide bonds. The van der Waals surface area contributed by atoms with Crippen LogP contribution >= 0.6 is 0 Å². The van der Waals surface area contributed by atoms with E-state index in [9.17, 15) is 4.79 Å². The molecule has 2 rings (SSSR count). The second-order valence-corrected chi connectivity index (χ2v) is 7.14. The quantitative estimate of drug-likeness (QED) is 0.305. The van der Waals surface area contributed by atoms with Crippen LogP contribution in [-0.2, 0) is 11.4 Å². The highest BCUT2D eigenvalue weighted by molar-refractivity contribution is 5.93. The summed E-state index contributed by atoms with van der Waals surface area (Å²) in [6.07, 6.45) is 13.4. The minimum Gasteiger partial charge on any atom is -0.267 e. The zero-order valence-electron chi connectivity index (χ0n) is 17.3. The number of allylic oxidation sites excluding steroid dienone is 1. The SMILES string of the molecule is CCCCCCCCC=Cc1ccc(C(=O)N(C)OCc2ccccc2)cc1. The number of carbonyl (C=O) groups excluding carboxylic acids is 1. The third-order valence-corrected chi connectivity index (χ3v) is 4.75. The first-order chi connectivity index (χ1) is 13.7. The zero-order chi connectivity index (χ0) is 20.0. The van der Waals surface area contributed by atoms with Crippen molar-refractivity contribution < 1.29 is 9.63 Å². The van der Waals surface area contributed by atoms with Crippen molar-refractivity contribution in [3.63, 3.8) is 0 Å². The Balaban J connectivity index is 1.73. The molecule has 0 radical (unpaired) electrons. The standard InChI is InChI=1S/C25H33NO2/c1-3-4-5-6-7-8-9-11-14-22-17-19-24(20-18-22)25(27)26(2)28-21-23-15-12-10-13-16-23/h10-20H,3-9,21H2,1-2H3. The second-order valence-electron chi connectivity index (χ2n) is 7.14. The molecule has 0 saturated heterocycles. The Morgan fingerprint density at radius 1 is 0.929 bits per heavy atom. The van der Waals surface area contributed by atoms with Crippen molar-refractivity contribution in [3.05, 3.63) is 77.4 Å². The van der Waals surface area contributed by atoms with Crippen molar-refractivity contribution >= 4 is 12.0 Å². The summed E-state index contributed by atoms with van der Waals surface area (Å²) in [6.45, 7) is 2.62. The molecule has 0 aromatic heterocycles. The number of hydrogen-bond acceptors (Lipinski definition) is 2. The Morgan fingerprint density at radius 3 is 2.32 bits per heavy atom. The number of hydroxylamine groups is 2. The lowest BCUT2D eigenvalue weighted by Crippen LogP contribution is -2.26. The Bertz CT molecular complexity index is 707. The summed E-state index contributed by atoms with van der Waals surface area (Å²) < 4.78 is 0. The van der Waals surface area contributed by atoms with Crippen LogP contribution in [0.3, 0.4) is 0 Å². The maximum absolute atomic E-state index is 12.5. The van der Waals surface area contributed by atoms with Gasteiger partial charge in [-0.05, 0) is 36.1 Å². The smallest absolute Gasteiger partial charge is 0.267 e. The van der Waals surface area contributed by atoms with Crippen molar-refractivity contribution in [2.45, 2.75) is 58.5 Å². The van der Waals surface area contributed by atoms with E-state index in [4.69, 9.17) is 4.84 Å². The number of carbonyl (C=O) groups is 1. The van der Waals surface area contributed by atoms with Gasteiger partial charge in [-0.3, -0.25) is 9.63 Å². The van der Waals surface area contributed by atoms with Crippen LogP contribution in [0.15, 0.2) is 60.7 Å². The van der Waals surface area contributed by atoms with Gasteiger partial charge in [-0.15, -0.1) is 0 Å². The summed E-state index contributed by atoms with van der Waals surface area (Å²) in [5.74, 6) is -0.140. The minimum absolute atomic E-state index is 0.140. The molecule has 3 nitrogen and oxygen atoms in total. The van der Waals surface area contributed by atoms with Gasteiger partial charge in [-0.25, -0.2) is 5.06 Å². The maximum Gasteiger partial charge on any atom is 0.277 e. The van der Waals surface area contributed by atoms with Crippen LogP contribution in [0.2, 0.25) is 0 Å². The minimum atomic E-state index is -0.140. The van der Waals surface area contributed by atoms with Gasteiger partial charge in [0.1, 0.15) is 6.61 Å². The number of amides is 1. The van der Waals surface area contributed by atoms with E-state index >= 15 is 0 Å². The van der Waals surface area contributed by atoms with Gasteiger partial charge in [0.25, 0.3) is 5.91 Å². The molecule has 0 saturated carbocycles. The van der Waals surface area contributed by atoms with Gasteiger partial charge in [0.05, 0.1) is 0 Å². The van der Waals surface area contributed by atoms with Gasteiger partial charge in [0.15, 0.2) is 0 Å². The largest absolute Gasteiger partial charge is 0.277 e. The van der Waals surface area contributed by atoms with Crippen molar-refractivity contribution in [3.8, 4) is 0 Å². The molecule has 150 valence electrons. The van der Waals surface area contributed by atoms with Gasteiger partial charge in [-0.1, -0.05) is 93.6 Å². The van der Waals surface area contributed by atoms with E-state index < -0.39 is 0 Å². The van der Waals surface area contributed by atoms with Gasteiger partial charge in [0.2, 0.25) is 0 Å². The Kier molecular flexibility index (Phi) is 10.1. The number of hydrogen-bond donors (Lipinski definition) is 0. The van der Waals surface area contributed by atoms with Crippen LogP contribution in [0.5, 0.6) is 0 Å². The van der Waals surface area contributed by atoms with Crippen LogP contribution in [0.1, 0.15) is 73.4 Å². The normalized spacial score (nSPS) is 11.1. The van der Waals surface area contributed by atoms with Crippen molar-refractivity contribution in [2.75, 3.05) is 7.05 Å². The zero-order valence-corrected chi connectivity index (χ0v) is 17.3. The molecule has 2 aromatic rings. The molecule has 0 aliphatic heterocycles. The Hall–Kier alpha value is -2.39. The average molecular weight is 380 g/mol. The van der Waals surface area contributed by atoms with E-state index in [0.29, 0.717) is 12.2 Å². The lowest BCUT2D eigenvalue weighted by molar-refractivity contribution is -0.116. The van der Waals surface area contributed by atoms with E-state index in [0.717, 1.165) is 17.5 Å². The second kappa shape index (κ2) is 12.9. The molecule has 0 N–H and O–H groups in total. The Labute approximate surface area is 170 Å². The number of unbranched alkanes of at least 4 members (excludes halogenated alkanes) is 6. The van der Waals surface area contributed by atoms with Crippen LogP contribution in [-0.4, -0.2) is 18.0 Å². The van der Waals surface area contributed by atoms with Gasteiger partial charge in [0, 0.05) is 12.6 Å². The molecule has 0 fully saturated rings. The molecule has 0 aliphatic carbocycles. The first-order valence-corrected chi connectivity index (χ1v) is 10.4. The third kappa shape index (κ3) is 8.10. The van der Waals surface area contributed by atoms with Crippen LogP contribution < -0.4 is 0 Å². The molecule has 28 heavy (non-hydrogen) atoms. The number of benzene rings is 2. The van der Waals surface area contributed by atoms with Crippen LogP contribution in [0.25, 0.3) is 6.08 Å². The molecule has 0 heterocycles. The predicted molar refractivity (Wildman–Crippen MR) is 117 cm³/mol. The summed E-state index contributed by atoms with van der Waals surface area (Å²) in [6, 6.07) is 17.5. The summed E-state index contributed by atoms with van der Waals surface area (Å²) in [7, 11) is 1.65. The van der Waals surface area contributed by atoms with Gasteiger partial charge >= 0.3 is 0 Å². The summed E-state index contributed by atoms with van der Waals surface area (Å²) in [5, 5.41) is 1.30. The predicted octanol–water partition coefficient (Wildman–Crippen LogP) is 6.65. The van der Waals surface area contributed by atoms with Gasteiger partial charge in [-0.2, -0.15) is 0 Å². The monoisotopic (exact) mass is 379 g/mol. The molecule has 3 heteroatoms. The highest BCUT2D eigenvalue weighted by atomic mass is 16.7. The lowest BCUT2D eigenvalue weighted by atomic mass is 10.1. The van der Waals surface area contributed by atoms with E-state index in [1.165, 1.54) is 43.6 Å². The molecule has 0 atom stereocenters. The Morgan fingerprint density at radius 2 is 1.61 bits per heavy atom. The highest BCUT2D eigenvalue weighted by Gasteiger charge is 2.12. The van der Waals surface area contributed by atoms with Crippen LogP contribution in [0.4, 0.5) is 0 Å². The molecule has 0 bridgehead atoms. The first kappa shape index (κ1) is 21.9. The van der Waals surface area contributed by atoms with Crippen molar-refractivity contribution in [1.82, 2.24) is 5.06 Å². The fourth-order valence-electron chi connectivity index (χ4n) is 2.98. The molecular weight excluding hydrogens is 346 g/mol. The topological polar surface area (TPSA) is 29.5 Å². The number of nitrogens with zero attached hydrogens (tertiary/aromatic N) is 1. The fraction of sp³-hybridized carbons (Fsp3) is 0.400. The molecular formula is C25H33NO2.